The van der Waals surface area contributed by atoms with Gasteiger partial charge < -0.3 is 5.32 Å². The molecule has 0 spiro atoms. The van der Waals surface area contributed by atoms with Gasteiger partial charge in [-0.15, -0.1) is 5.10 Å². The summed E-state index contributed by atoms with van der Waals surface area (Å²) in [6.45, 7) is 1.93. The molecule has 1 aromatic carbocycles. The van der Waals surface area contributed by atoms with Crippen molar-refractivity contribution in [3.05, 3.63) is 36.0 Å². The maximum absolute atomic E-state index is 10.8. The Bertz CT molecular complexity index is 558. The summed E-state index contributed by atoms with van der Waals surface area (Å²) in [4.78, 5) is 10.8. The van der Waals surface area contributed by atoms with Crippen molar-refractivity contribution >= 4 is 6.29 Å². The second kappa shape index (κ2) is 4.70. The minimum absolute atomic E-state index is 0.349. The zero-order chi connectivity index (χ0) is 12.4. The third-order valence-corrected chi connectivity index (χ3v) is 3.27. The summed E-state index contributed by atoms with van der Waals surface area (Å²) in [5.74, 6) is 0. The molecular weight excluding hydrogens is 228 g/mol. The van der Waals surface area contributed by atoms with Crippen molar-refractivity contribution in [1.82, 2.24) is 20.3 Å². The number of nitrogens with zero attached hydrogens (tertiary/aromatic N) is 3. The first-order valence-corrected chi connectivity index (χ1v) is 6.05. The number of aldehydes is 1. The summed E-state index contributed by atoms with van der Waals surface area (Å²) in [6, 6.07) is 7.86. The van der Waals surface area contributed by atoms with Crippen LogP contribution < -0.4 is 5.32 Å². The Morgan fingerprint density at radius 2 is 2.39 bits per heavy atom. The standard InChI is InChI=1S/C13H14N4O/c18-9-10-2-1-3-11(6-10)13-8-15-16-17(13)12-4-5-14-7-12/h1-3,6,8-9,12,14H,4-5,7H2. The first-order valence-electron chi connectivity index (χ1n) is 6.05. The van der Waals surface area contributed by atoms with Crippen molar-refractivity contribution in [3.8, 4) is 11.3 Å². The highest BCUT2D eigenvalue weighted by Gasteiger charge is 2.20. The molecule has 1 atom stereocenters. The highest BCUT2D eigenvalue weighted by molar-refractivity contribution is 5.78. The Balaban J connectivity index is 2.00. The minimum atomic E-state index is 0.349. The highest BCUT2D eigenvalue weighted by atomic mass is 16.1. The van der Waals surface area contributed by atoms with E-state index in [2.05, 4.69) is 15.6 Å². The van der Waals surface area contributed by atoms with Gasteiger partial charge in [-0.1, -0.05) is 23.4 Å². The van der Waals surface area contributed by atoms with Crippen LogP contribution in [-0.2, 0) is 0 Å². The van der Waals surface area contributed by atoms with Gasteiger partial charge in [0.25, 0.3) is 0 Å². The molecule has 0 aliphatic carbocycles. The summed E-state index contributed by atoms with van der Waals surface area (Å²) >= 11 is 0. The molecule has 0 saturated carbocycles. The molecule has 1 unspecified atom stereocenters. The summed E-state index contributed by atoms with van der Waals surface area (Å²) in [6.07, 6.45) is 3.67. The normalized spacial score (nSPS) is 19.0. The predicted molar refractivity (Wildman–Crippen MR) is 67.4 cm³/mol. The van der Waals surface area contributed by atoms with E-state index in [1.165, 1.54) is 0 Å². The van der Waals surface area contributed by atoms with Gasteiger partial charge in [0.15, 0.2) is 0 Å². The van der Waals surface area contributed by atoms with E-state index < -0.39 is 0 Å². The first-order chi connectivity index (χ1) is 8.88. The number of benzene rings is 1. The predicted octanol–water partition coefficient (Wildman–Crippen LogP) is 1.29. The number of carbonyl (C=O) groups is 1. The molecule has 0 radical (unpaired) electrons. The maximum Gasteiger partial charge on any atom is 0.150 e. The average molecular weight is 242 g/mol. The lowest BCUT2D eigenvalue weighted by Crippen LogP contribution is -2.15. The van der Waals surface area contributed by atoms with Crippen LogP contribution in [0.1, 0.15) is 22.8 Å². The van der Waals surface area contributed by atoms with Gasteiger partial charge in [-0.2, -0.15) is 0 Å². The molecule has 0 amide bonds. The number of hydrogen-bond acceptors (Lipinski definition) is 4. The van der Waals surface area contributed by atoms with E-state index in [-0.39, 0.29) is 0 Å². The van der Waals surface area contributed by atoms with E-state index in [0.717, 1.165) is 37.1 Å². The van der Waals surface area contributed by atoms with Crippen molar-refractivity contribution in [1.29, 1.82) is 0 Å². The average Bonchev–Trinajstić information content (AvgIpc) is 3.09. The molecule has 92 valence electrons. The van der Waals surface area contributed by atoms with E-state index in [4.69, 9.17) is 0 Å². The molecule has 1 fully saturated rings. The number of hydrogen-bond donors (Lipinski definition) is 1. The van der Waals surface area contributed by atoms with E-state index >= 15 is 0 Å². The third kappa shape index (κ3) is 1.93. The van der Waals surface area contributed by atoms with Crippen LogP contribution in [0.25, 0.3) is 11.3 Å². The van der Waals surface area contributed by atoms with Crippen LogP contribution in [0, 0.1) is 0 Å². The lowest BCUT2D eigenvalue weighted by Gasteiger charge is -2.12. The first kappa shape index (κ1) is 11.1. The molecule has 2 heterocycles. The monoisotopic (exact) mass is 242 g/mol. The largest absolute Gasteiger partial charge is 0.315 e. The van der Waals surface area contributed by atoms with Crippen LogP contribution in [0.15, 0.2) is 30.5 Å². The van der Waals surface area contributed by atoms with Crippen LogP contribution >= 0.6 is 0 Å². The zero-order valence-electron chi connectivity index (χ0n) is 9.91. The molecule has 1 saturated heterocycles. The number of nitrogens with one attached hydrogen (secondary N) is 1. The molecule has 18 heavy (non-hydrogen) atoms. The van der Waals surface area contributed by atoms with Crippen LogP contribution in [0.4, 0.5) is 0 Å². The number of carbonyl (C=O) groups excluding carboxylic acids is 1. The van der Waals surface area contributed by atoms with Crippen LogP contribution in [0.3, 0.4) is 0 Å². The molecule has 0 bridgehead atoms. The van der Waals surface area contributed by atoms with Gasteiger partial charge in [0.05, 0.1) is 17.9 Å². The smallest absolute Gasteiger partial charge is 0.150 e. The van der Waals surface area contributed by atoms with Crippen molar-refractivity contribution < 1.29 is 4.79 Å². The number of aromatic nitrogens is 3. The summed E-state index contributed by atoms with van der Waals surface area (Å²) in [5, 5.41) is 11.5. The van der Waals surface area contributed by atoms with Gasteiger partial charge in [-0.05, 0) is 19.0 Å². The van der Waals surface area contributed by atoms with Gasteiger partial charge >= 0.3 is 0 Å². The molecule has 1 N–H and O–H groups in total. The minimum Gasteiger partial charge on any atom is -0.315 e. The zero-order valence-corrected chi connectivity index (χ0v) is 9.91. The van der Waals surface area contributed by atoms with E-state index in [0.29, 0.717) is 11.6 Å². The van der Waals surface area contributed by atoms with Crippen LogP contribution in [0.2, 0.25) is 0 Å². The van der Waals surface area contributed by atoms with Gasteiger partial charge in [-0.3, -0.25) is 4.79 Å². The van der Waals surface area contributed by atoms with Crippen molar-refractivity contribution in [3.63, 3.8) is 0 Å². The summed E-state index contributed by atoms with van der Waals surface area (Å²) in [7, 11) is 0. The topological polar surface area (TPSA) is 59.8 Å². The quantitative estimate of drug-likeness (QED) is 0.824. The lowest BCUT2D eigenvalue weighted by atomic mass is 10.1. The lowest BCUT2D eigenvalue weighted by molar-refractivity contribution is 0.112. The third-order valence-electron chi connectivity index (χ3n) is 3.27. The van der Waals surface area contributed by atoms with Gasteiger partial charge in [0.1, 0.15) is 6.29 Å². The summed E-state index contributed by atoms with van der Waals surface area (Å²) < 4.78 is 1.95. The van der Waals surface area contributed by atoms with Gasteiger partial charge in [-0.25, -0.2) is 4.68 Å². The Morgan fingerprint density at radius 1 is 1.44 bits per heavy atom. The van der Waals surface area contributed by atoms with E-state index in [9.17, 15) is 4.79 Å². The fraction of sp³-hybridized carbons (Fsp3) is 0.308. The molecule has 1 aliphatic rings. The van der Waals surface area contributed by atoms with E-state index in [1.807, 2.05) is 22.9 Å². The van der Waals surface area contributed by atoms with Crippen molar-refractivity contribution in [2.24, 2.45) is 0 Å². The van der Waals surface area contributed by atoms with Crippen LogP contribution in [0.5, 0.6) is 0 Å². The molecule has 1 aromatic heterocycles. The van der Waals surface area contributed by atoms with Gasteiger partial charge in [0, 0.05) is 17.7 Å². The Hall–Kier alpha value is -2.01. The maximum atomic E-state index is 10.8. The molecule has 3 rings (SSSR count). The molecule has 5 nitrogen and oxygen atoms in total. The SMILES string of the molecule is O=Cc1cccc(-c2cnnn2C2CCNC2)c1. The second-order valence-electron chi connectivity index (χ2n) is 4.45. The Morgan fingerprint density at radius 3 is 3.17 bits per heavy atom. The summed E-state index contributed by atoms with van der Waals surface area (Å²) in [5.41, 5.74) is 2.62. The van der Waals surface area contributed by atoms with Crippen molar-refractivity contribution in [2.75, 3.05) is 13.1 Å². The van der Waals surface area contributed by atoms with Crippen LogP contribution in [-0.4, -0.2) is 34.4 Å². The Labute approximate surface area is 105 Å². The number of rotatable bonds is 3. The fourth-order valence-electron chi connectivity index (χ4n) is 2.34. The second-order valence-corrected chi connectivity index (χ2v) is 4.45. The van der Waals surface area contributed by atoms with Crippen molar-refractivity contribution in [2.45, 2.75) is 12.5 Å². The fourth-order valence-corrected chi connectivity index (χ4v) is 2.34. The van der Waals surface area contributed by atoms with E-state index in [1.54, 1.807) is 12.3 Å². The molecule has 2 aromatic rings. The van der Waals surface area contributed by atoms with Gasteiger partial charge in [0.2, 0.25) is 0 Å². The highest BCUT2D eigenvalue weighted by Crippen LogP contribution is 2.24. The molecule has 1 aliphatic heterocycles. The molecular formula is C13H14N4O. The Kier molecular flexibility index (Phi) is 2.90. The molecule has 5 heteroatoms.